The van der Waals surface area contributed by atoms with Gasteiger partial charge in [0.05, 0.1) is 97.6 Å². The van der Waals surface area contributed by atoms with Crippen LogP contribution in [0.1, 0.15) is 128 Å². The van der Waals surface area contributed by atoms with Gasteiger partial charge in [0.1, 0.15) is 23.7 Å². The number of fused-ring (bicyclic) bond motifs is 2. The quantitative estimate of drug-likeness (QED) is 0.0958. The number of ether oxygens (including phenoxy) is 8. The minimum absolute atomic E-state index is 0.0107. The molecule has 4 heterocycles. The number of hydrogen-bond acceptors (Lipinski definition) is 15. The van der Waals surface area contributed by atoms with E-state index in [2.05, 4.69) is 96.9 Å². The molecule has 0 unspecified atom stereocenters. The molecule has 4 fully saturated rings. The van der Waals surface area contributed by atoms with Gasteiger partial charge < -0.3 is 60.7 Å². The van der Waals surface area contributed by atoms with Crippen molar-refractivity contribution in [1.82, 2.24) is 0 Å². The van der Waals surface area contributed by atoms with Crippen molar-refractivity contribution in [3.63, 3.8) is 0 Å². The second kappa shape index (κ2) is 26.2. The predicted octanol–water partition coefficient (Wildman–Crippen LogP) is 11.1. The van der Waals surface area contributed by atoms with Crippen molar-refractivity contribution in [3.05, 3.63) is 84.0 Å². The van der Waals surface area contributed by atoms with Crippen LogP contribution in [0, 0.1) is 17.8 Å². The molecule has 0 aromatic heterocycles. The molecular formula is C59H94O15Si2. The van der Waals surface area contributed by atoms with Crippen molar-refractivity contribution in [2.75, 3.05) is 41.7 Å². The van der Waals surface area contributed by atoms with Crippen LogP contribution in [0.5, 0.6) is 11.5 Å². The molecule has 4 aliphatic rings. The smallest absolute Gasteiger partial charge is 0.349 e. The minimum Gasteiger partial charge on any atom is -0.497 e. The highest BCUT2D eigenvalue weighted by Crippen LogP contribution is 2.57. The molecule has 0 radical (unpaired) electrons. The van der Waals surface area contributed by atoms with Crippen molar-refractivity contribution in [2.24, 2.45) is 17.8 Å². The van der Waals surface area contributed by atoms with Crippen molar-refractivity contribution in [3.8, 4) is 11.5 Å². The summed E-state index contributed by atoms with van der Waals surface area (Å²) in [4.78, 5) is 23.7. The SMILES string of the molecule is COC(=O)/C=C/[C@H](OCc1ccc(OC)cc1)[C@@H](C)[C@@H]1O[C@@H]2CO[Si](C(C)(C)C)(C(C)(C)C)O[C@@H]2C[C@@H]1C.COC(=O)/C=C/[C@H](OCc1ccc(OC)cc1)[C@@H](C)[C@@H]1O[C@@H]2CO[Si](C(C)(C)C)(C(C)(C)C)O[C@@H]2C[C@@H]1O. The summed E-state index contributed by atoms with van der Waals surface area (Å²) in [6.07, 6.45) is 4.75. The Labute approximate surface area is 457 Å². The highest BCUT2D eigenvalue weighted by atomic mass is 28.4. The van der Waals surface area contributed by atoms with Gasteiger partial charge in [-0.3, -0.25) is 0 Å². The molecule has 1 N–H and O–H groups in total. The Morgan fingerprint density at radius 2 is 0.934 bits per heavy atom. The van der Waals surface area contributed by atoms with Gasteiger partial charge in [-0.05, 0) is 59.9 Å². The summed E-state index contributed by atoms with van der Waals surface area (Å²) in [6.45, 7) is 34.5. The van der Waals surface area contributed by atoms with Crippen LogP contribution in [0.3, 0.4) is 0 Å². The third-order valence-corrected chi connectivity index (χ3v) is 25.8. The van der Waals surface area contributed by atoms with Crippen LogP contribution in [-0.2, 0) is 68.9 Å². The standard InChI is InChI=1S/C30H48O7Si.C29H46O8Si/c1-20-17-25-26(19-35-38(37-25,29(3,4)5)30(6,7)8)36-28(20)21(2)24(15-16-27(31)33-10)34-18-22-11-13-23(32-9)14-12-22;1-19(23(14-15-26(31)33-9)34-17-20-10-12-21(32-8)13-11-20)27-22(30)16-24-25(36-27)18-35-38(37-24,28(2,3)4)29(5,6)7/h11-16,20-21,24-26,28H,17-19H2,1-10H3;10-15,19,22-25,27,30H,16-18H2,1-9H3/b16-15+;15-14+/t20-,21+,24-,25+,26+,28+;19-,22+,23+,24-,25-,27+/m01/s1. The Balaban J connectivity index is 0.000000281. The topological polar surface area (TPSA) is 165 Å². The Hall–Kier alpha value is -3.47. The number of aliphatic hydroxyl groups is 1. The van der Waals surface area contributed by atoms with Crippen LogP contribution < -0.4 is 9.47 Å². The third-order valence-electron chi connectivity index (χ3n) is 15.5. The molecule has 4 aliphatic heterocycles. The molecule has 428 valence electrons. The second-order valence-corrected chi connectivity index (χ2v) is 34.7. The number of hydrogen-bond donors (Lipinski definition) is 1. The summed E-state index contributed by atoms with van der Waals surface area (Å²) in [6, 6.07) is 15.4. The van der Waals surface area contributed by atoms with Gasteiger partial charge in [-0.1, -0.05) is 128 Å². The Bertz CT molecular complexity index is 2020. The van der Waals surface area contributed by atoms with Crippen LogP contribution in [0.2, 0.25) is 20.2 Å². The average molecular weight is 1100 g/mol. The van der Waals surface area contributed by atoms with E-state index in [-0.39, 0.29) is 74.5 Å². The van der Waals surface area contributed by atoms with Crippen LogP contribution in [0.4, 0.5) is 0 Å². The highest BCUT2D eigenvalue weighted by Gasteiger charge is 2.64. The molecule has 2 aromatic rings. The fourth-order valence-corrected chi connectivity index (χ4v) is 21.7. The molecule has 15 nitrogen and oxygen atoms in total. The normalized spacial score (nSPS) is 27.4. The lowest BCUT2D eigenvalue weighted by molar-refractivity contribution is -0.218. The molecule has 2 aromatic carbocycles. The van der Waals surface area contributed by atoms with E-state index < -0.39 is 47.4 Å². The Morgan fingerprint density at radius 1 is 0.579 bits per heavy atom. The average Bonchev–Trinajstić information content (AvgIpc) is 3.36. The number of carbonyl (C=O) groups is 2. The zero-order valence-electron chi connectivity index (χ0n) is 49.3. The maximum atomic E-state index is 11.9. The van der Waals surface area contributed by atoms with E-state index in [1.165, 1.54) is 26.4 Å². The Kier molecular flexibility index (Phi) is 21.8. The highest BCUT2D eigenvalue weighted by molar-refractivity contribution is 6.74. The van der Waals surface area contributed by atoms with Gasteiger partial charge in [-0.25, -0.2) is 9.59 Å². The van der Waals surface area contributed by atoms with Crippen LogP contribution >= 0.6 is 0 Å². The summed E-state index contributed by atoms with van der Waals surface area (Å²) in [5.74, 6) is 0.644. The van der Waals surface area contributed by atoms with E-state index in [1.54, 1.807) is 26.4 Å². The Morgan fingerprint density at radius 3 is 1.29 bits per heavy atom. The molecule has 4 saturated heterocycles. The number of esters is 2. The van der Waals surface area contributed by atoms with Crippen LogP contribution in [0.15, 0.2) is 72.8 Å². The van der Waals surface area contributed by atoms with Crippen molar-refractivity contribution in [2.45, 2.75) is 205 Å². The van der Waals surface area contributed by atoms with E-state index in [0.29, 0.717) is 32.8 Å². The van der Waals surface area contributed by atoms with Gasteiger partial charge in [0.25, 0.3) is 0 Å². The summed E-state index contributed by atoms with van der Waals surface area (Å²) in [5, 5.41) is 10.8. The summed E-state index contributed by atoms with van der Waals surface area (Å²) < 4.78 is 72.9. The molecule has 12 atom stereocenters. The first-order valence-corrected chi connectivity index (χ1v) is 30.7. The van der Waals surface area contributed by atoms with Crippen molar-refractivity contribution < 1.29 is 70.3 Å². The summed E-state index contributed by atoms with van der Waals surface area (Å²) in [5.41, 5.74) is 1.98. The number of aliphatic hydroxyl groups excluding tert-OH is 1. The van der Waals surface area contributed by atoms with Crippen LogP contribution in [-0.4, -0.2) is 131 Å². The molecule has 6 rings (SSSR count). The molecule has 0 bridgehead atoms. The van der Waals surface area contributed by atoms with Gasteiger partial charge in [0.15, 0.2) is 0 Å². The first kappa shape index (κ1) is 63.4. The summed E-state index contributed by atoms with van der Waals surface area (Å²) in [7, 11) is 0.748. The zero-order valence-corrected chi connectivity index (χ0v) is 51.3. The lowest BCUT2D eigenvalue weighted by atomic mass is 9.82. The number of methoxy groups -OCH3 is 4. The lowest BCUT2D eigenvalue weighted by Gasteiger charge is -2.57. The van der Waals surface area contributed by atoms with E-state index >= 15 is 0 Å². The van der Waals surface area contributed by atoms with Gasteiger partial charge in [-0.15, -0.1) is 0 Å². The maximum absolute atomic E-state index is 11.9. The van der Waals surface area contributed by atoms with Gasteiger partial charge in [-0.2, -0.15) is 0 Å². The minimum atomic E-state index is -2.67. The van der Waals surface area contributed by atoms with E-state index in [4.69, 9.17) is 55.6 Å². The first-order chi connectivity index (χ1) is 35.4. The molecule has 0 aliphatic carbocycles. The first-order valence-electron chi connectivity index (χ1n) is 27.1. The third kappa shape index (κ3) is 15.0. The zero-order chi connectivity index (χ0) is 56.6. The molecule has 17 heteroatoms. The predicted molar refractivity (Wildman–Crippen MR) is 298 cm³/mol. The van der Waals surface area contributed by atoms with E-state index in [9.17, 15) is 14.7 Å². The van der Waals surface area contributed by atoms with E-state index in [1.807, 2.05) is 55.5 Å². The van der Waals surface area contributed by atoms with E-state index in [0.717, 1.165) is 29.0 Å². The molecule has 0 saturated carbocycles. The number of rotatable bonds is 16. The number of carbonyl (C=O) groups excluding carboxylic acids is 2. The lowest BCUT2D eigenvalue weighted by Crippen LogP contribution is -2.68. The molecule has 0 spiro atoms. The fourth-order valence-electron chi connectivity index (χ4n) is 11.8. The molecular weight excluding hydrogens is 1000 g/mol. The summed E-state index contributed by atoms with van der Waals surface area (Å²) >= 11 is 0. The monoisotopic (exact) mass is 1100 g/mol. The fraction of sp³-hybridized carbons (Fsp3) is 0.695. The van der Waals surface area contributed by atoms with Crippen molar-refractivity contribution >= 4 is 29.1 Å². The largest absolute Gasteiger partial charge is 0.497 e. The van der Waals surface area contributed by atoms with Crippen molar-refractivity contribution in [1.29, 1.82) is 0 Å². The number of benzene rings is 2. The van der Waals surface area contributed by atoms with Gasteiger partial charge >= 0.3 is 29.1 Å². The van der Waals surface area contributed by atoms with Crippen LogP contribution in [0.25, 0.3) is 0 Å². The van der Waals surface area contributed by atoms with Gasteiger partial charge in [0.2, 0.25) is 0 Å². The second-order valence-electron chi connectivity index (χ2n) is 25.2. The molecule has 0 amide bonds. The van der Waals surface area contributed by atoms with Gasteiger partial charge in [0, 0.05) is 50.6 Å². The maximum Gasteiger partial charge on any atom is 0.349 e. The molecule has 76 heavy (non-hydrogen) atoms.